The lowest BCUT2D eigenvalue weighted by Gasteiger charge is -2.32. The van der Waals surface area contributed by atoms with E-state index in [1.54, 1.807) is 6.20 Å². The zero-order valence-electron chi connectivity index (χ0n) is 14.9. The number of carbonyl (C=O) groups is 1. The van der Waals surface area contributed by atoms with E-state index < -0.39 is 0 Å². The molecule has 0 radical (unpaired) electrons. The first-order valence-corrected chi connectivity index (χ1v) is 9.62. The Morgan fingerprint density at radius 3 is 2.85 bits per heavy atom. The predicted molar refractivity (Wildman–Crippen MR) is 103 cm³/mol. The molecule has 0 N–H and O–H groups in total. The summed E-state index contributed by atoms with van der Waals surface area (Å²) in [5.74, 6) is 0.227. The van der Waals surface area contributed by atoms with Crippen molar-refractivity contribution in [2.24, 2.45) is 0 Å². The third-order valence-electron chi connectivity index (χ3n) is 4.69. The number of amides is 1. The van der Waals surface area contributed by atoms with Crippen molar-refractivity contribution >= 4 is 17.5 Å². The van der Waals surface area contributed by atoms with Crippen LogP contribution in [0.2, 0.25) is 5.02 Å². The van der Waals surface area contributed by atoms with Gasteiger partial charge < -0.3 is 9.64 Å². The van der Waals surface area contributed by atoms with Gasteiger partial charge in [-0.3, -0.25) is 9.78 Å². The zero-order valence-corrected chi connectivity index (χ0v) is 15.7. The quantitative estimate of drug-likeness (QED) is 0.729. The Balaban J connectivity index is 1.40. The lowest BCUT2D eigenvalue weighted by molar-refractivity contribution is -0.135. The lowest BCUT2D eigenvalue weighted by Crippen LogP contribution is -2.43. The molecular weight excluding hydrogens is 348 g/mol. The number of aryl methyl sites for hydroxylation is 1. The molecule has 1 fully saturated rings. The maximum absolute atomic E-state index is 12.5. The van der Waals surface area contributed by atoms with E-state index in [0.717, 1.165) is 42.9 Å². The molecule has 3 rings (SSSR count). The van der Waals surface area contributed by atoms with E-state index in [9.17, 15) is 4.79 Å². The number of carbonyl (C=O) groups excluding carboxylic acids is 1. The molecule has 2 heterocycles. The number of hydrogen-bond acceptors (Lipinski definition) is 3. The van der Waals surface area contributed by atoms with Crippen molar-refractivity contribution in [3.63, 3.8) is 0 Å². The van der Waals surface area contributed by atoms with Gasteiger partial charge in [-0.05, 0) is 55.5 Å². The van der Waals surface area contributed by atoms with E-state index in [4.69, 9.17) is 16.3 Å². The van der Waals surface area contributed by atoms with Crippen molar-refractivity contribution in [3.8, 4) is 0 Å². The number of halogens is 1. The summed E-state index contributed by atoms with van der Waals surface area (Å²) in [6.07, 6.45) is 6.21. The molecule has 0 saturated carbocycles. The number of likely N-dealkylation sites (tertiary alicyclic amines) is 1. The number of piperidine rings is 1. The highest BCUT2D eigenvalue weighted by Crippen LogP contribution is 2.17. The first-order valence-electron chi connectivity index (χ1n) is 9.24. The monoisotopic (exact) mass is 372 g/mol. The average Bonchev–Trinajstić information content (AvgIpc) is 2.69. The third kappa shape index (κ3) is 5.82. The van der Waals surface area contributed by atoms with Gasteiger partial charge in [0, 0.05) is 30.7 Å². The average molecular weight is 373 g/mol. The fourth-order valence-corrected chi connectivity index (χ4v) is 3.37. The van der Waals surface area contributed by atoms with Crippen LogP contribution in [0, 0.1) is 0 Å². The number of aromatic nitrogens is 1. The zero-order chi connectivity index (χ0) is 18.2. The van der Waals surface area contributed by atoms with E-state index in [1.165, 1.54) is 5.56 Å². The number of pyridine rings is 1. The first kappa shape index (κ1) is 18.9. The smallest absolute Gasteiger partial charge is 0.222 e. The van der Waals surface area contributed by atoms with Crippen LogP contribution in [-0.2, 0) is 22.6 Å². The molecule has 2 aromatic rings. The Morgan fingerprint density at radius 2 is 2.08 bits per heavy atom. The number of nitrogens with zero attached hydrogens (tertiary/aromatic N) is 2. The maximum Gasteiger partial charge on any atom is 0.222 e. The summed E-state index contributed by atoms with van der Waals surface area (Å²) in [7, 11) is 0. The molecule has 1 aromatic carbocycles. The van der Waals surface area contributed by atoms with Gasteiger partial charge in [0.1, 0.15) is 0 Å². The molecule has 1 amide bonds. The Kier molecular flexibility index (Phi) is 7.04. The fourth-order valence-electron chi connectivity index (χ4n) is 3.24. The van der Waals surface area contributed by atoms with Gasteiger partial charge >= 0.3 is 0 Å². The summed E-state index contributed by atoms with van der Waals surface area (Å²) in [5, 5.41) is 0.745. The van der Waals surface area contributed by atoms with E-state index >= 15 is 0 Å². The highest BCUT2D eigenvalue weighted by Gasteiger charge is 2.23. The summed E-state index contributed by atoms with van der Waals surface area (Å²) in [5.41, 5.74) is 2.15. The van der Waals surface area contributed by atoms with Crippen molar-refractivity contribution in [2.75, 3.05) is 13.1 Å². The van der Waals surface area contributed by atoms with E-state index in [-0.39, 0.29) is 12.0 Å². The second-order valence-corrected chi connectivity index (χ2v) is 7.15. The molecule has 26 heavy (non-hydrogen) atoms. The molecule has 5 heteroatoms. The molecule has 0 spiro atoms. The largest absolute Gasteiger partial charge is 0.370 e. The standard InChI is InChI=1S/C21H25ClN2O2/c22-18-11-9-17(10-12-18)5-3-8-21(25)24-14-4-7-20(15-24)26-16-19-6-1-2-13-23-19/h1-2,6,9-13,20H,3-5,7-8,14-16H2. The van der Waals surface area contributed by atoms with Gasteiger partial charge in [-0.15, -0.1) is 0 Å². The van der Waals surface area contributed by atoms with Crippen LogP contribution in [0.5, 0.6) is 0 Å². The molecule has 138 valence electrons. The number of benzene rings is 1. The van der Waals surface area contributed by atoms with Crippen molar-refractivity contribution in [2.45, 2.75) is 44.8 Å². The van der Waals surface area contributed by atoms with Crippen LogP contribution in [0.25, 0.3) is 0 Å². The van der Waals surface area contributed by atoms with Crippen LogP contribution in [0.3, 0.4) is 0 Å². The van der Waals surface area contributed by atoms with Gasteiger partial charge in [0.05, 0.1) is 18.4 Å². The minimum absolute atomic E-state index is 0.103. The van der Waals surface area contributed by atoms with Crippen LogP contribution in [0.1, 0.15) is 36.9 Å². The normalized spacial score (nSPS) is 17.3. The van der Waals surface area contributed by atoms with Crippen LogP contribution in [-0.4, -0.2) is 35.0 Å². The van der Waals surface area contributed by atoms with Gasteiger partial charge in [-0.2, -0.15) is 0 Å². The SMILES string of the molecule is O=C(CCCc1ccc(Cl)cc1)N1CCCC(OCc2ccccn2)C1. The number of hydrogen-bond donors (Lipinski definition) is 0. The fraction of sp³-hybridized carbons (Fsp3) is 0.429. The highest BCUT2D eigenvalue weighted by atomic mass is 35.5. The van der Waals surface area contributed by atoms with Crippen molar-refractivity contribution in [1.82, 2.24) is 9.88 Å². The molecule has 1 atom stereocenters. The van der Waals surface area contributed by atoms with Crippen molar-refractivity contribution in [1.29, 1.82) is 0 Å². The van der Waals surface area contributed by atoms with Gasteiger partial charge in [-0.1, -0.05) is 29.8 Å². The molecular formula is C21H25ClN2O2. The van der Waals surface area contributed by atoms with Gasteiger partial charge in [0.2, 0.25) is 5.91 Å². The third-order valence-corrected chi connectivity index (χ3v) is 4.95. The molecule has 1 aliphatic rings. The predicted octanol–water partition coefficient (Wildman–Crippen LogP) is 4.27. The molecule has 1 aliphatic heterocycles. The van der Waals surface area contributed by atoms with E-state index in [2.05, 4.69) is 4.98 Å². The second-order valence-electron chi connectivity index (χ2n) is 6.72. The van der Waals surface area contributed by atoms with Crippen LogP contribution < -0.4 is 0 Å². The summed E-state index contributed by atoms with van der Waals surface area (Å²) < 4.78 is 5.97. The first-order chi connectivity index (χ1) is 12.7. The Hall–Kier alpha value is -1.91. The van der Waals surface area contributed by atoms with Crippen LogP contribution in [0.15, 0.2) is 48.7 Å². The highest BCUT2D eigenvalue weighted by molar-refractivity contribution is 6.30. The maximum atomic E-state index is 12.5. The van der Waals surface area contributed by atoms with E-state index in [0.29, 0.717) is 19.6 Å². The van der Waals surface area contributed by atoms with Gasteiger partial charge in [0.15, 0.2) is 0 Å². The summed E-state index contributed by atoms with van der Waals surface area (Å²) in [4.78, 5) is 18.7. The lowest BCUT2D eigenvalue weighted by atomic mass is 10.1. The molecule has 4 nitrogen and oxygen atoms in total. The summed E-state index contributed by atoms with van der Waals surface area (Å²) >= 11 is 5.90. The summed E-state index contributed by atoms with van der Waals surface area (Å²) in [6.45, 7) is 2.03. The molecule has 1 saturated heterocycles. The van der Waals surface area contributed by atoms with Crippen LogP contribution >= 0.6 is 11.6 Å². The number of ether oxygens (including phenoxy) is 1. The molecule has 0 bridgehead atoms. The molecule has 0 aliphatic carbocycles. The Morgan fingerprint density at radius 1 is 1.23 bits per heavy atom. The Labute approximate surface area is 160 Å². The number of rotatable bonds is 7. The van der Waals surface area contributed by atoms with Gasteiger partial charge in [0.25, 0.3) is 0 Å². The second kappa shape index (κ2) is 9.70. The topological polar surface area (TPSA) is 42.4 Å². The minimum Gasteiger partial charge on any atom is -0.370 e. The van der Waals surface area contributed by atoms with Gasteiger partial charge in [-0.25, -0.2) is 0 Å². The molecule has 1 unspecified atom stereocenters. The van der Waals surface area contributed by atoms with Crippen LogP contribution in [0.4, 0.5) is 0 Å². The van der Waals surface area contributed by atoms with Crippen molar-refractivity contribution in [3.05, 3.63) is 64.9 Å². The van der Waals surface area contributed by atoms with E-state index in [1.807, 2.05) is 47.4 Å². The Bertz CT molecular complexity index is 691. The minimum atomic E-state index is 0.103. The van der Waals surface area contributed by atoms with Crippen molar-refractivity contribution < 1.29 is 9.53 Å². The molecule has 1 aromatic heterocycles. The summed E-state index contributed by atoms with van der Waals surface area (Å²) in [6, 6.07) is 13.7.